The fraction of sp³-hybridized carbons (Fsp3) is 0.238. The van der Waals surface area contributed by atoms with Gasteiger partial charge in [-0.3, -0.25) is 9.59 Å². The van der Waals surface area contributed by atoms with Crippen LogP contribution in [0.4, 0.5) is 0 Å². The standard InChI is InChI=1S/C21H21N3O2/c25-20(14-22-21(26)15-6-2-1-3-7-15)24-12-10-17-16-8-4-5-9-18(16)23-19(17)11-13-24/h1-9,23H,10-14H2,(H,22,26). The number of para-hydroxylation sites is 1. The number of aromatic nitrogens is 1. The lowest BCUT2D eigenvalue weighted by Crippen LogP contribution is -2.41. The molecule has 132 valence electrons. The Morgan fingerprint density at radius 3 is 2.54 bits per heavy atom. The summed E-state index contributed by atoms with van der Waals surface area (Å²) in [4.78, 5) is 29.9. The van der Waals surface area contributed by atoms with Crippen LogP contribution in [0.15, 0.2) is 54.6 Å². The molecule has 3 aromatic rings. The van der Waals surface area contributed by atoms with Gasteiger partial charge in [0.2, 0.25) is 5.91 Å². The van der Waals surface area contributed by atoms with Crippen LogP contribution in [0.1, 0.15) is 21.6 Å². The van der Waals surface area contributed by atoms with Crippen LogP contribution >= 0.6 is 0 Å². The zero-order valence-corrected chi connectivity index (χ0v) is 14.5. The van der Waals surface area contributed by atoms with Gasteiger partial charge in [0.05, 0.1) is 6.54 Å². The number of nitrogens with one attached hydrogen (secondary N) is 2. The van der Waals surface area contributed by atoms with Gasteiger partial charge in [-0.05, 0) is 30.2 Å². The van der Waals surface area contributed by atoms with E-state index in [1.807, 2.05) is 35.2 Å². The second-order valence-corrected chi connectivity index (χ2v) is 6.56. The van der Waals surface area contributed by atoms with Crippen molar-refractivity contribution in [2.75, 3.05) is 19.6 Å². The van der Waals surface area contributed by atoms with Crippen LogP contribution in [0.2, 0.25) is 0 Å². The minimum absolute atomic E-state index is 0.0302. The van der Waals surface area contributed by atoms with Gasteiger partial charge in [-0.15, -0.1) is 0 Å². The fourth-order valence-corrected chi connectivity index (χ4v) is 3.57. The largest absolute Gasteiger partial charge is 0.358 e. The molecule has 1 aliphatic heterocycles. The molecule has 2 N–H and O–H groups in total. The third-order valence-corrected chi connectivity index (χ3v) is 4.95. The molecule has 2 amide bonds. The van der Waals surface area contributed by atoms with E-state index in [2.05, 4.69) is 22.4 Å². The van der Waals surface area contributed by atoms with Gasteiger partial charge in [0.1, 0.15) is 0 Å². The first-order valence-electron chi connectivity index (χ1n) is 8.92. The molecule has 0 atom stereocenters. The van der Waals surface area contributed by atoms with Crippen molar-refractivity contribution in [3.8, 4) is 0 Å². The van der Waals surface area contributed by atoms with Crippen LogP contribution in [0, 0.1) is 0 Å². The van der Waals surface area contributed by atoms with Crippen molar-refractivity contribution < 1.29 is 9.59 Å². The molecule has 0 bridgehead atoms. The molecule has 2 heterocycles. The van der Waals surface area contributed by atoms with Crippen LogP contribution in [-0.2, 0) is 17.6 Å². The summed E-state index contributed by atoms with van der Waals surface area (Å²) in [6.07, 6.45) is 1.64. The van der Waals surface area contributed by atoms with Crippen LogP contribution in [0.3, 0.4) is 0 Å². The second-order valence-electron chi connectivity index (χ2n) is 6.56. The van der Waals surface area contributed by atoms with Crippen molar-refractivity contribution in [1.82, 2.24) is 15.2 Å². The highest BCUT2D eigenvalue weighted by Crippen LogP contribution is 2.25. The Labute approximate surface area is 152 Å². The number of aromatic amines is 1. The maximum atomic E-state index is 12.5. The van der Waals surface area contributed by atoms with Crippen molar-refractivity contribution in [2.45, 2.75) is 12.8 Å². The highest BCUT2D eigenvalue weighted by Gasteiger charge is 2.21. The Morgan fingerprint density at radius 1 is 0.962 bits per heavy atom. The summed E-state index contributed by atoms with van der Waals surface area (Å²) in [7, 11) is 0. The number of fused-ring (bicyclic) bond motifs is 3. The van der Waals surface area contributed by atoms with E-state index in [0.717, 1.165) is 18.4 Å². The van der Waals surface area contributed by atoms with E-state index in [0.29, 0.717) is 18.7 Å². The number of hydrogen-bond donors (Lipinski definition) is 2. The van der Waals surface area contributed by atoms with Crippen LogP contribution in [0.25, 0.3) is 10.9 Å². The number of nitrogens with zero attached hydrogens (tertiary/aromatic N) is 1. The van der Waals surface area contributed by atoms with E-state index < -0.39 is 0 Å². The number of carbonyl (C=O) groups excluding carboxylic acids is 2. The molecule has 0 unspecified atom stereocenters. The van der Waals surface area contributed by atoms with Gasteiger partial charge in [-0.2, -0.15) is 0 Å². The number of rotatable bonds is 3. The van der Waals surface area contributed by atoms with E-state index >= 15 is 0 Å². The van der Waals surface area contributed by atoms with Crippen molar-refractivity contribution in [1.29, 1.82) is 0 Å². The molecule has 0 fully saturated rings. The minimum Gasteiger partial charge on any atom is -0.358 e. The van der Waals surface area contributed by atoms with Gasteiger partial charge in [-0.25, -0.2) is 0 Å². The molecular weight excluding hydrogens is 326 g/mol. The van der Waals surface area contributed by atoms with E-state index in [9.17, 15) is 9.59 Å². The molecule has 0 spiro atoms. The monoisotopic (exact) mass is 347 g/mol. The summed E-state index contributed by atoms with van der Waals surface area (Å²) in [5.41, 5.74) is 4.25. The van der Waals surface area contributed by atoms with Crippen molar-refractivity contribution >= 4 is 22.7 Å². The van der Waals surface area contributed by atoms with Crippen LogP contribution < -0.4 is 5.32 Å². The molecule has 0 saturated carbocycles. The molecule has 0 radical (unpaired) electrons. The highest BCUT2D eigenvalue weighted by molar-refractivity contribution is 5.96. The summed E-state index contributed by atoms with van der Waals surface area (Å²) < 4.78 is 0. The number of amides is 2. The maximum Gasteiger partial charge on any atom is 0.251 e. The van der Waals surface area contributed by atoms with E-state index in [1.165, 1.54) is 16.6 Å². The third-order valence-electron chi connectivity index (χ3n) is 4.95. The summed E-state index contributed by atoms with van der Waals surface area (Å²) in [6.45, 7) is 1.37. The lowest BCUT2D eigenvalue weighted by atomic mass is 10.1. The molecule has 1 aromatic heterocycles. The number of hydrogen-bond acceptors (Lipinski definition) is 2. The second kappa shape index (κ2) is 7.04. The Balaban J connectivity index is 1.38. The number of benzene rings is 2. The average molecular weight is 347 g/mol. The Morgan fingerprint density at radius 2 is 1.69 bits per heavy atom. The van der Waals surface area contributed by atoms with Gasteiger partial charge >= 0.3 is 0 Å². The molecule has 2 aromatic carbocycles. The van der Waals surface area contributed by atoms with Crippen molar-refractivity contribution in [3.63, 3.8) is 0 Å². The Kier molecular flexibility index (Phi) is 4.44. The molecule has 5 nitrogen and oxygen atoms in total. The quantitative estimate of drug-likeness (QED) is 0.765. The van der Waals surface area contributed by atoms with Gasteiger partial charge in [0, 0.05) is 41.7 Å². The highest BCUT2D eigenvalue weighted by atomic mass is 16.2. The molecular formula is C21H21N3O2. The van der Waals surface area contributed by atoms with Gasteiger partial charge in [-0.1, -0.05) is 36.4 Å². The first kappa shape index (κ1) is 16.4. The smallest absolute Gasteiger partial charge is 0.251 e. The molecule has 0 aliphatic carbocycles. The molecule has 26 heavy (non-hydrogen) atoms. The summed E-state index contributed by atoms with van der Waals surface area (Å²) >= 11 is 0. The van der Waals surface area contributed by atoms with Crippen LogP contribution in [-0.4, -0.2) is 41.3 Å². The first-order valence-corrected chi connectivity index (χ1v) is 8.92. The normalized spacial score (nSPS) is 13.9. The SMILES string of the molecule is O=C(NCC(=O)N1CCc2[nH]c3ccccc3c2CC1)c1ccccc1. The topological polar surface area (TPSA) is 65.2 Å². The zero-order chi connectivity index (χ0) is 17.9. The fourth-order valence-electron chi connectivity index (χ4n) is 3.57. The third kappa shape index (κ3) is 3.20. The molecule has 0 saturated heterocycles. The molecule has 5 heteroatoms. The molecule has 4 rings (SSSR count). The lowest BCUT2D eigenvalue weighted by molar-refractivity contribution is -0.130. The Bertz CT molecular complexity index is 946. The predicted molar refractivity (Wildman–Crippen MR) is 101 cm³/mol. The summed E-state index contributed by atoms with van der Waals surface area (Å²) in [6, 6.07) is 17.2. The zero-order valence-electron chi connectivity index (χ0n) is 14.5. The first-order chi connectivity index (χ1) is 12.7. The number of carbonyl (C=O) groups is 2. The average Bonchev–Trinajstić information content (AvgIpc) is 2.90. The van der Waals surface area contributed by atoms with Crippen molar-refractivity contribution in [3.05, 3.63) is 71.4 Å². The minimum atomic E-state index is -0.218. The van der Waals surface area contributed by atoms with E-state index in [1.54, 1.807) is 12.1 Å². The maximum absolute atomic E-state index is 12.5. The predicted octanol–water partition coefficient (Wildman–Crippen LogP) is 2.53. The molecule has 1 aliphatic rings. The number of H-pyrrole nitrogens is 1. The lowest BCUT2D eigenvalue weighted by Gasteiger charge is -2.20. The van der Waals surface area contributed by atoms with E-state index in [-0.39, 0.29) is 18.4 Å². The summed E-state index contributed by atoms with van der Waals surface area (Å²) in [5, 5.41) is 3.97. The van der Waals surface area contributed by atoms with E-state index in [4.69, 9.17) is 0 Å². The Hall–Kier alpha value is -3.08. The van der Waals surface area contributed by atoms with Crippen LogP contribution in [0.5, 0.6) is 0 Å². The van der Waals surface area contributed by atoms with Gasteiger partial charge in [0.25, 0.3) is 5.91 Å². The summed E-state index contributed by atoms with van der Waals surface area (Å²) in [5.74, 6) is -0.256. The van der Waals surface area contributed by atoms with Crippen molar-refractivity contribution in [2.24, 2.45) is 0 Å². The van der Waals surface area contributed by atoms with Gasteiger partial charge in [0.15, 0.2) is 0 Å². The van der Waals surface area contributed by atoms with Gasteiger partial charge < -0.3 is 15.2 Å².